The van der Waals surface area contributed by atoms with Crippen molar-refractivity contribution in [2.75, 3.05) is 31.1 Å². The molecular weight excluding hydrogens is 340 g/mol. The highest BCUT2D eigenvalue weighted by Gasteiger charge is 2.40. The molecule has 0 bridgehead atoms. The quantitative estimate of drug-likeness (QED) is 0.815. The number of nitrogens with zero attached hydrogens (tertiary/aromatic N) is 6. The molecule has 2 aromatic rings. The number of anilines is 1. The van der Waals surface area contributed by atoms with Crippen LogP contribution in [0.2, 0.25) is 0 Å². The SMILES string of the molecule is Cn1cncc(CN2CC3CN(c4cc(C5CCC5)ncn4)CC3C2)c1=O. The number of fused-ring (bicyclic) bond motifs is 1. The van der Waals surface area contributed by atoms with E-state index in [-0.39, 0.29) is 5.56 Å². The molecule has 0 spiro atoms. The van der Waals surface area contributed by atoms with E-state index in [9.17, 15) is 4.79 Å². The zero-order chi connectivity index (χ0) is 18.4. The van der Waals surface area contributed by atoms with Gasteiger partial charge in [-0.05, 0) is 24.7 Å². The summed E-state index contributed by atoms with van der Waals surface area (Å²) >= 11 is 0. The van der Waals surface area contributed by atoms with Crippen molar-refractivity contribution >= 4 is 5.82 Å². The third kappa shape index (κ3) is 3.14. The van der Waals surface area contributed by atoms with Crippen molar-refractivity contribution < 1.29 is 0 Å². The van der Waals surface area contributed by atoms with Gasteiger partial charge in [0.25, 0.3) is 5.56 Å². The van der Waals surface area contributed by atoms with Gasteiger partial charge < -0.3 is 9.47 Å². The Labute approximate surface area is 159 Å². The fraction of sp³-hybridized carbons (Fsp3) is 0.600. The highest BCUT2D eigenvalue weighted by molar-refractivity contribution is 5.42. The van der Waals surface area contributed by atoms with Crippen LogP contribution in [0.4, 0.5) is 5.82 Å². The minimum absolute atomic E-state index is 0.0631. The van der Waals surface area contributed by atoms with Gasteiger partial charge in [0, 0.05) is 69.2 Å². The van der Waals surface area contributed by atoms with Crippen molar-refractivity contribution in [3.05, 3.63) is 46.5 Å². The standard InChI is InChI=1S/C20H26N6O/c1-24-13-21-6-15(20(24)27)7-25-8-16-10-26(11-17(16)9-25)19-5-18(22-12-23-19)14-3-2-4-14/h5-6,12-14,16-17H,2-4,7-11H2,1H3. The second-order valence-corrected chi connectivity index (χ2v) is 8.38. The number of rotatable bonds is 4. The highest BCUT2D eigenvalue weighted by Crippen LogP contribution is 2.37. The molecule has 1 aliphatic carbocycles. The van der Waals surface area contributed by atoms with Gasteiger partial charge in [-0.2, -0.15) is 0 Å². The molecule has 4 heterocycles. The fourth-order valence-electron chi connectivity index (χ4n) is 4.77. The lowest BCUT2D eigenvalue weighted by molar-refractivity contribution is 0.306. The molecule has 2 aromatic heterocycles. The van der Waals surface area contributed by atoms with E-state index >= 15 is 0 Å². The summed E-state index contributed by atoms with van der Waals surface area (Å²) in [5.41, 5.74) is 2.07. The summed E-state index contributed by atoms with van der Waals surface area (Å²) in [4.78, 5) is 30.3. The molecule has 0 N–H and O–H groups in total. The van der Waals surface area contributed by atoms with Crippen LogP contribution in [-0.4, -0.2) is 50.6 Å². The normalized spacial score (nSPS) is 25.6. The Kier molecular flexibility index (Phi) is 4.19. The minimum Gasteiger partial charge on any atom is -0.356 e. The zero-order valence-corrected chi connectivity index (χ0v) is 15.8. The first-order valence-corrected chi connectivity index (χ1v) is 9.96. The Bertz CT molecular complexity index is 878. The van der Waals surface area contributed by atoms with E-state index in [1.807, 2.05) is 0 Å². The molecule has 2 saturated heterocycles. The van der Waals surface area contributed by atoms with Crippen molar-refractivity contribution in [1.82, 2.24) is 24.4 Å². The van der Waals surface area contributed by atoms with Crippen LogP contribution in [0, 0.1) is 11.8 Å². The molecule has 142 valence electrons. The van der Waals surface area contributed by atoms with Gasteiger partial charge in [-0.1, -0.05) is 6.42 Å². The molecule has 3 aliphatic rings. The molecule has 27 heavy (non-hydrogen) atoms. The Morgan fingerprint density at radius 2 is 1.89 bits per heavy atom. The maximum Gasteiger partial charge on any atom is 0.257 e. The van der Waals surface area contributed by atoms with E-state index < -0.39 is 0 Å². The average molecular weight is 366 g/mol. The van der Waals surface area contributed by atoms with Crippen LogP contribution in [0.25, 0.3) is 0 Å². The van der Waals surface area contributed by atoms with Gasteiger partial charge >= 0.3 is 0 Å². The predicted molar refractivity (Wildman–Crippen MR) is 103 cm³/mol. The van der Waals surface area contributed by atoms with Crippen LogP contribution in [-0.2, 0) is 13.6 Å². The molecule has 0 aromatic carbocycles. The summed E-state index contributed by atoms with van der Waals surface area (Å²) in [7, 11) is 1.76. The Hall–Kier alpha value is -2.28. The number of aryl methyl sites for hydroxylation is 1. The topological polar surface area (TPSA) is 67.2 Å². The van der Waals surface area contributed by atoms with Crippen molar-refractivity contribution in [3.8, 4) is 0 Å². The summed E-state index contributed by atoms with van der Waals surface area (Å²) in [6, 6.07) is 2.21. The minimum atomic E-state index is 0.0631. The first-order chi connectivity index (χ1) is 13.2. The molecule has 7 nitrogen and oxygen atoms in total. The van der Waals surface area contributed by atoms with Gasteiger partial charge in [-0.3, -0.25) is 9.69 Å². The van der Waals surface area contributed by atoms with E-state index in [2.05, 4.69) is 30.8 Å². The Balaban J connectivity index is 1.23. The van der Waals surface area contributed by atoms with Gasteiger partial charge in [-0.15, -0.1) is 0 Å². The smallest absolute Gasteiger partial charge is 0.257 e. The number of aromatic nitrogens is 4. The van der Waals surface area contributed by atoms with Crippen LogP contribution in [0.5, 0.6) is 0 Å². The van der Waals surface area contributed by atoms with Gasteiger partial charge in [0.05, 0.1) is 6.33 Å². The van der Waals surface area contributed by atoms with Gasteiger partial charge in [0.2, 0.25) is 0 Å². The predicted octanol–water partition coefficient (Wildman–Crippen LogP) is 1.41. The van der Waals surface area contributed by atoms with E-state index in [0.29, 0.717) is 24.3 Å². The van der Waals surface area contributed by atoms with E-state index in [0.717, 1.165) is 37.6 Å². The molecule has 3 fully saturated rings. The molecule has 0 radical (unpaired) electrons. The van der Waals surface area contributed by atoms with Gasteiger partial charge in [-0.25, -0.2) is 15.0 Å². The molecule has 2 aliphatic heterocycles. The molecule has 1 saturated carbocycles. The lowest BCUT2D eigenvalue weighted by Crippen LogP contribution is -2.32. The third-order valence-corrected chi connectivity index (χ3v) is 6.54. The van der Waals surface area contributed by atoms with Gasteiger partial charge in [0.15, 0.2) is 0 Å². The second-order valence-electron chi connectivity index (χ2n) is 8.38. The number of hydrogen-bond acceptors (Lipinski definition) is 6. The first kappa shape index (κ1) is 16.9. The Morgan fingerprint density at radius 1 is 1.11 bits per heavy atom. The third-order valence-electron chi connectivity index (χ3n) is 6.54. The number of hydrogen-bond donors (Lipinski definition) is 0. The van der Waals surface area contributed by atoms with Crippen molar-refractivity contribution in [1.29, 1.82) is 0 Å². The molecule has 5 rings (SSSR count). The van der Waals surface area contributed by atoms with Crippen LogP contribution < -0.4 is 10.5 Å². The molecule has 2 unspecified atom stereocenters. The summed E-state index contributed by atoms with van der Waals surface area (Å²) in [5.74, 6) is 3.03. The van der Waals surface area contributed by atoms with E-state index in [1.165, 1.54) is 25.0 Å². The maximum absolute atomic E-state index is 12.2. The lowest BCUT2D eigenvalue weighted by Gasteiger charge is -2.26. The fourth-order valence-corrected chi connectivity index (χ4v) is 4.77. The van der Waals surface area contributed by atoms with Crippen LogP contribution >= 0.6 is 0 Å². The second kappa shape index (κ2) is 6.71. The van der Waals surface area contributed by atoms with Crippen molar-refractivity contribution in [2.45, 2.75) is 31.7 Å². The Morgan fingerprint density at radius 3 is 2.59 bits per heavy atom. The monoisotopic (exact) mass is 366 g/mol. The van der Waals surface area contributed by atoms with Crippen LogP contribution in [0.1, 0.15) is 36.4 Å². The number of likely N-dealkylation sites (tertiary alicyclic amines) is 1. The lowest BCUT2D eigenvalue weighted by atomic mass is 9.83. The molecule has 0 amide bonds. The zero-order valence-electron chi connectivity index (χ0n) is 15.8. The van der Waals surface area contributed by atoms with Crippen molar-refractivity contribution in [2.24, 2.45) is 18.9 Å². The summed E-state index contributed by atoms with van der Waals surface area (Å²) < 4.78 is 1.56. The van der Waals surface area contributed by atoms with E-state index in [1.54, 1.807) is 30.5 Å². The molecule has 2 atom stereocenters. The summed E-state index contributed by atoms with van der Waals surface area (Å²) in [5, 5.41) is 0. The van der Waals surface area contributed by atoms with E-state index in [4.69, 9.17) is 0 Å². The largest absolute Gasteiger partial charge is 0.356 e. The maximum atomic E-state index is 12.2. The first-order valence-electron chi connectivity index (χ1n) is 9.96. The summed E-state index contributed by atoms with van der Waals surface area (Å²) in [6.07, 6.45) is 8.89. The van der Waals surface area contributed by atoms with Crippen molar-refractivity contribution in [3.63, 3.8) is 0 Å². The average Bonchev–Trinajstić information content (AvgIpc) is 3.16. The van der Waals surface area contributed by atoms with Crippen LogP contribution in [0.15, 0.2) is 29.7 Å². The van der Waals surface area contributed by atoms with Gasteiger partial charge in [0.1, 0.15) is 12.1 Å². The van der Waals surface area contributed by atoms with Crippen LogP contribution in [0.3, 0.4) is 0 Å². The summed E-state index contributed by atoms with van der Waals surface area (Å²) in [6.45, 7) is 4.88. The molecular formula is C20H26N6O. The highest BCUT2D eigenvalue weighted by atomic mass is 16.1. The molecule has 7 heteroatoms.